The Morgan fingerprint density at radius 2 is 1.05 bits per heavy atom. The quantitative estimate of drug-likeness (QED) is 0.135. The predicted octanol–water partition coefficient (Wildman–Crippen LogP) is 6.57. The van der Waals surface area contributed by atoms with Crippen LogP contribution in [-0.4, -0.2) is 46.8 Å². The molecule has 8 nitrogen and oxygen atoms in total. The van der Waals surface area contributed by atoms with Gasteiger partial charge in [-0.15, -0.1) is 0 Å². The molecule has 0 N–H and O–H groups in total. The first-order chi connectivity index (χ1) is 17.3. The number of carbonyl (C=O) groups excluding carboxylic acids is 2. The standard InChI is InChI=1S/C24H22Br4O8S/c1-13(2)23(29)35-11-9-33-21-15(25)5-7-17(19(21)27)37(31,32)18-8-6-16(26)22(20(18)28)34-10-12-36-24(30)14(3)4/h5-8H,1,3,9-12H2,2,4H3. The van der Waals surface area contributed by atoms with Gasteiger partial charge in [0.25, 0.3) is 0 Å². The van der Waals surface area contributed by atoms with E-state index >= 15 is 0 Å². The zero-order chi connectivity index (χ0) is 27.9. The second-order valence-corrected chi connectivity index (χ2v) is 12.6. The molecule has 2 aromatic carbocycles. The molecule has 13 heteroatoms. The van der Waals surface area contributed by atoms with E-state index in [2.05, 4.69) is 76.9 Å². The highest BCUT2D eigenvalue weighted by Gasteiger charge is 2.28. The normalized spacial score (nSPS) is 11.0. The number of benzene rings is 2. The Balaban J connectivity index is 2.29. The molecule has 0 bridgehead atoms. The van der Waals surface area contributed by atoms with Gasteiger partial charge in [0.05, 0.1) is 27.7 Å². The van der Waals surface area contributed by atoms with Gasteiger partial charge < -0.3 is 18.9 Å². The maximum Gasteiger partial charge on any atom is 0.333 e. The zero-order valence-electron chi connectivity index (χ0n) is 19.7. The largest absolute Gasteiger partial charge is 0.488 e. The molecule has 2 rings (SSSR count). The Morgan fingerprint density at radius 1 is 0.703 bits per heavy atom. The van der Waals surface area contributed by atoms with Gasteiger partial charge in [0.15, 0.2) is 0 Å². The van der Waals surface area contributed by atoms with Crippen molar-refractivity contribution in [3.8, 4) is 11.5 Å². The summed E-state index contributed by atoms with van der Waals surface area (Å²) in [6, 6.07) is 5.91. The van der Waals surface area contributed by atoms with Gasteiger partial charge in [-0.1, -0.05) is 13.2 Å². The number of carbonyl (C=O) groups is 2. The summed E-state index contributed by atoms with van der Waals surface area (Å²) in [4.78, 5) is 22.9. The molecule has 0 radical (unpaired) electrons. The van der Waals surface area contributed by atoms with E-state index in [-0.39, 0.29) is 67.8 Å². The lowest BCUT2D eigenvalue weighted by Gasteiger charge is -2.17. The molecule has 0 aliphatic carbocycles. The molecule has 0 unspecified atom stereocenters. The summed E-state index contributed by atoms with van der Waals surface area (Å²) in [5.74, 6) is -0.664. The van der Waals surface area contributed by atoms with Gasteiger partial charge in [0.2, 0.25) is 9.84 Å². The summed E-state index contributed by atoms with van der Waals surface area (Å²) >= 11 is 13.4. The monoisotopic (exact) mass is 786 g/mol. The van der Waals surface area contributed by atoms with Gasteiger partial charge in [-0.3, -0.25) is 0 Å². The summed E-state index contributed by atoms with van der Waals surface area (Å²) in [5, 5.41) is 0. The van der Waals surface area contributed by atoms with Crippen LogP contribution in [0.3, 0.4) is 0 Å². The first kappa shape index (κ1) is 31.5. The fraction of sp³-hybridized carbons (Fsp3) is 0.250. The number of sulfone groups is 1. The van der Waals surface area contributed by atoms with Crippen LogP contribution in [0.15, 0.2) is 76.3 Å². The van der Waals surface area contributed by atoms with Crippen LogP contribution in [0.4, 0.5) is 0 Å². The zero-order valence-corrected chi connectivity index (χ0v) is 26.9. The Morgan fingerprint density at radius 3 is 1.38 bits per heavy atom. The van der Waals surface area contributed by atoms with Crippen LogP contribution in [0.5, 0.6) is 11.5 Å². The molecule has 0 heterocycles. The molecule has 37 heavy (non-hydrogen) atoms. The minimum absolute atomic E-state index is 0.0182. The molecule has 200 valence electrons. The van der Waals surface area contributed by atoms with Crippen LogP contribution in [0.25, 0.3) is 0 Å². The Kier molecular flexibility index (Phi) is 11.9. The third-order valence-electron chi connectivity index (χ3n) is 4.43. The third-order valence-corrected chi connectivity index (χ3v) is 9.62. The fourth-order valence-electron chi connectivity index (χ4n) is 2.63. The summed E-state index contributed by atoms with van der Waals surface area (Å²) in [6.07, 6.45) is 0. The van der Waals surface area contributed by atoms with Gasteiger partial charge in [-0.25, -0.2) is 18.0 Å². The van der Waals surface area contributed by atoms with Crippen molar-refractivity contribution in [3.05, 3.63) is 66.5 Å². The van der Waals surface area contributed by atoms with Gasteiger partial charge in [-0.2, -0.15) is 0 Å². The Bertz CT molecular complexity index is 1240. The maximum absolute atomic E-state index is 13.6. The summed E-state index contributed by atoms with van der Waals surface area (Å²) in [6.45, 7) is 9.92. The van der Waals surface area contributed by atoms with Crippen LogP contribution in [0.1, 0.15) is 13.8 Å². The second kappa shape index (κ2) is 13.9. The van der Waals surface area contributed by atoms with Crippen molar-refractivity contribution in [3.63, 3.8) is 0 Å². The second-order valence-electron chi connectivity index (χ2n) is 7.41. The Hall–Kier alpha value is -1.67. The summed E-state index contributed by atoms with van der Waals surface area (Å²) in [7, 11) is -4.08. The molecule has 0 atom stereocenters. The van der Waals surface area contributed by atoms with Crippen molar-refractivity contribution >= 4 is 85.5 Å². The van der Waals surface area contributed by atoms with Crippen LogP contribution >= 0.6 is 63.7 Å². The van der Waals surface area contributed by atoms with E-state index < -0.39 is 21.8 Å². The molecule has 0 fully saturated rings. The van der Waals surface area contributed by atoms with Crippen LogP contribution < -0.4 is 9.47 Å². The van der Waals surface area contributed by atoms with E-state index in [1.54, 1.807) is 0 Å². The first-order valence-corrected chi connectivity index (χ1v) is 15.1. The van der Waals surface area contributed by atoms with Crippen molar-refractivity contribution < 1.29 is 37.0 Å². The lowest BCUT2D eigenvalue weighted by Crippen LogP contribution is -2.14. The number of rotatable bonds is 12. The van der Waals surface area contributed by atoms with E-state index in [0.29, 0.717) is 8.95 Å². The van der Waals surface area contributed by atoms with E-state index in [4.69, 9.17) is 18.9 Å². The lowest BCUT2D eigenvalue weighted by atomic mass is 10.3. The smallest absolute Gasteiger partial charge is 0.333 e. The van der Waals surface area contributed by atoms with Crippen molar-refractivity contribution in [1.82, 2.24) is 0 Å². The number of ether oxygens (including phenoxy) is 4. The van der Waals surface area contributed by atoms with E-state index in [9.17, 15) is 18.0 Å². The molecule has 0 aliphatic heterocycles. The first-order valence-electron chi connectivity index (χ1n) is 10.4. The minimum atomic E-state index is -4.08. The molecule has 0 amide bonds. The van der Waals surface area contributed by atoms with Gasteiger partial charge in [0.1, 0.15) is 37.9 Å². The topological polar surface area (TPSA) is 105 Å². The summed E-state index contributed by atoms with van der Waals surface area (Å²) in [5.41, 5.74) is 0.513. The van der Waals surface area contributed by atoms with Crippen molar-refractivity contribution in [2.45, 2.75) is 23.6 Å². The number of esters is 2. The molecule has 0 saturated carbocycles. The number of halogens is 4. The highest BCUT2D eigenvalue weighted by molar-refractivity contribution is 9.11. The van der Waals surface area contributed by atoms with E-state index in [0.717, 1.165) is 0 Å². The molecule has 0 spiro atoms. The predicted molar refractivity (Wildman–Crippen MR) is 152 cm³/mol. The molecular weight excluding hydrogens is 768 g/mol. The lowest BCUT2D eigenvalue weighted by molar-refractivity contribution is -0.140. The van der Waals surface area contributed by atoms with E-state index in [1.165, 1.54) is 38.1 Å². The van der Waals surface area contributed by atoms with Crippen molar-refractivity contribution in [1.29, 1.82) is 0 Å². The van der Waals surface area contributed by atoms with Gasteiger partial charge >= 0.3 is 11.9 Å². The molecule has 0 saturated heterocycles. The fourth-order valence-corrected chi connectivity index (χ4v) is 7.64. The Labute approximate surface area is 248 Å². The minimum Gasteiger partial charge on any atom is -0.488 e. The maximum atomic E-state index is 13.6. The number of hydrogen-bond acceptors (Lipinski definition) is 8. The molecule has 0 aliphatic rings. The summed E-state index contributed by atoms with van der Waals surface area (Å²) < 4.78 is 50.0. The van der Waals surface area contributed by atoms with Crippen LogP contribution in [0.2, 0.25) is 0 Å². The SMILES string of the molecule is C=C(C)C(=O)OCCOc1c(Br)ccc(S(=O)(=O)c2ccc(Br)c(OCCOC(=O)C(=C)C)c2Br)c1Br. The average molecular weight is 790 g/mol. The van der Waals surface area contributed by atoms with Crippen LogP contribution in [0, 0.1) is 0 Å². The number of hydrogen-bond donors (Lipinski definition) is 0. The van der Waals surface area contributed by atoms with Crippen molar-refractivity contribution in [2.24, 2.45) is 0 Å². The third kappa shape index (κ3) is 8.16. The highest BCUT2D eigenvalue weighted by atomic mass is 79.9. The van der Waals surface area contributed by atoms with Crippen LogP contribution in [-0.2, 0) is 28.9 Å². The highest BCUT2D eigenvalue weighted by Crippen LogP contribution is 2.44. The average Bonchev–Trinajstić information content (AvgIpc) is 2.81. The van der Waals surface area contributed by atoms with Gasteiger partial charge in [0, 0.05) is 11.1 Å². The van der Waals surface area contributed by atoms with E-state index in [1.807, 2.05) is 0 Å². The van der Waals surface area contributed by atoms with Crippen molar-refractivity contribution in [2.75, 3.05) is 26.4 Å². The molecular formula is C24H22Br4O8S. The van der Waals surface area contributed by atoms with Gasteiger partial charge in [-0.05, 0) is 102 Å². The molecule has 0 aromatic heterocycles. The molecule has 2 aromatic rings.